The molecular formula is C30H36FN3O6S. The fourth-order valence-electron chi connectivity index (χ4n) is 4.14. The Balaban J connectivity index is 2.02. The Morgan fingerprint density at radius 1 is 0.951 bits per heavy atom. The summed E-state index contributed by atoms with van der Waals surface area (Å²) in [6.07, 6.45) is 1.68. The zero-order valence-electron chi connectivity index (χ0n) is 23.7. The summed E-state index contributed by atoms with van der Waals surface area (Å²) in [6, 6.07) is 17.1. The number of benzene rings is 3. The highest BCUT2D eigenvalue weighted by molar-refractivity contribution is 7.92. The van der Waals surface area contributed by atoms with E-state index in [9.17, 15) is 22.4 Å². The van der Waals surface area contributed by atoms with Crippen LogP contribution >= 0.6 is 0 Å². The van der Waals surface area contributed by atoms with Crippen molar-refractivity contribution in [1.29, 1.82) is 0 Å². The maximum atomic E-state index is 14.0. The highest BCUT2D eigenvalue weighted by Gasteiger charge is 2.33. The Labute approximate surface area is 240 Å². The molecule has 0 radical (unpaired) electrons. The average molecular weight is 586 g/mol. The smallest absolute Gasteiger partial charge is 0.264 e. The van der Waals surface area contributed by atoms with Crippen molar-refractivity contribution in [2.24, 2.45) is 0 Å². The van der Waals surface area contributed by atoms with Crippen molar-refractivity contribution in [3.8, 4) is 11.5 Å². The van der Waals surface area contributed by atoms with Gasteiger partial charge in [-0.05, 0) is 55.3 Å². The zero-order valence-corrected chi connectivity index (χ0v) is 24.5. The van der Waals surface area contributed by atoms with Crippen LogP contribution in [0.5, 0.6) is 11.5 Å². The molecule has 11 heteroatoms. The van der Waals surface area contributed by atoms with E-state index in [1.807, 2.05) is 37.3 Å². The van der Waals surface area contributed by atoms with E-state index >= 15 is 0 Å². The van der Waals surface area contributed by atoms with E-state index in [-0.39, 0.29) is 28.8 Å². The van der Waals surface area contributed by atoms with Crippen LogP contribution in [0.1, 0.15) is 32.3 Å². The van der Waals surface area contributed by atoms with Crippen LogP contribution in [0.4, 0.5) is 10.1 Å². The van der Waals surface area contributed by atoms with Gasteiger partial charge in [-0.3, -0.25) is 13.9 Å². The number of carbonyl (C=O) groups is 2. The minimum atomic E-state index is -4.36. The number of ether oxygens (including phenoxy) is 2. The molecule has 0 saturated heterocycles. The highest BCUT2D eigenvalue weighted by Crippen LogP contribution is 2.32. The molecule has 1 atom stereocenters. The van der Waals surface area contributed by atoms with Crippen LogP contribution < -0.4 is 19.1 Å². The van der Waals surface area contributed by atoms with Crippen LogP contribution in [0.15, 0.2) is 77.7 Å². The van der Waals surface area contributed by atoms with Crippen LogP contribution in [-0.4, -0.2) is 58.5 Å². The normalized spacial score (nSPS) is 11.8. The van der Waals surface area contributed by atoms with Gasteiger partial charge < -0.3 is 19.7 Å². The van der Waals surface area contributed by atoms with Gasteiger partial charge in [-0.25, -0.2) is 12.8 Å². The molecule has 41 heavy (non-hydrogen) atoms. The number of nitrogens with zero attached hydrogens (tertiary/aromatic N) is 2. The molecule has 0 fully saturated rings. The van der Waals surface area contributed by atoms with E-state index in [2.05, 4.69) is 5.32 Å². The molecule has 3 aromatic carbocycles. The van der Waals surface area contributed by atoms with Crippen molar-refractivity contribution in [2.45, 2.75) is 44.2 Å². The number of methoxy groups -OCH3 is 2. The Bertz CT molecular complexity index is 1420. The molecule has 3 rings (SSSR count). The summed E-state index contributed by atoms with van der Waals surface area (Å²) in [6.45, 7) is 3.51. The molecule has 0 heterocycles. The molecule has 1 N–H and O–H groups in total. The summed E-state index contributed by atoms with van der Waals surface area (Å²) < 4.78 is 53.1. The molecule has 0 bridgehead atoms. The van der Waals surface area contributed by atoms with Crippen molar-refractivity contribution in [2.75, 3.05) is 31.6 Å². The highest BCUT2D eigenvalue weighted by atomic mass is 32.2. The monoisotopic (exact) mass is 585 g/mol. The Morgan fingerprint density at radius 2 is 1.61 bits per heavy atom. The molecule has 2 amide bonds. The lowest BCUT2D eigenvalue weighted by molar-refractivity contribution is -0.139. The third kappa shape index (κ3) is 7.97. The van der Waals surface area contributed by atoms with Gasteiger partial charge in [0.05, 0.1) is 24.8 Å². The number of hydrogen-bond acceptors (Lipinski definition) is 6. The standard InChI is InChI=1S/C30H36FN3O6S/c1-5-6-18-32-30(36)22(2)33(20-23-10-8-7-9-11-23)29(35)21-34(25-14-12-24(31)13-15-25)41(37,38)26-16-17-27(39-3)28(19-26)40-4/h7-17,19,22H,5-6,18,20-21H2,1-4H3,(H,32,36). The lowest BCUT2D eigenvalue weighted by atomic mass is 10.1. The molecule has 0 saturated carbocycles. The number of carbonyl (C=O) groups excluding carboxylic acids is 2. The van der Waals surface area contributed by atoms with E-state index in [0.717, 1.165) is 34.8 Å². The van der Waals surface area contributed by atoms with Crippen molar-refractivity contribution in [3.63, 3.8) is 0 Å². The summed E-state index contributed by atoms with van der Waals surface area (Å²) in [7, 11) is -1.56. The predicted molar refractivity (Wildman–Crippen MR) is 155 cm³/mol. The molecule has 0 spiro atoms. The van der Waals surface area contributed by atoms with Gasteiger partial charge in [-0.2, -0.15) is 0 Å². The first kappa shape index (κ1) is 31.4. The Hall–Kier alpha value is -4.12. The summed E-state index contributed by atoms with van der Waals surface area (Å²) in [5.74, 6) is -1.01. The van der Waals surface area contributed by atoms with E-state index in [0.29, 0.717) is 12.3 Å². The van der Waals surface area contributed by atoms with Crippen molar-refractivity contribution in [1.82, 2.24) is 10.2 Å². The van der Waals surface area contributed by atoms with Crippen LogP contribution in [0, 0.1) is 5.82 Å². The lowest BCUT2D eigenvalue weighted by Crippen LogP contribution is -2.51. The van der Waals surface area contributed by atoms with Crippen LogP contribution in [0.25, 0.3) is 0 Å². The summed E-state index contributed by atoms with van der Waals surface area (Å²) in [5.41, 5.74) is 0.847. The van der Waals surface area contributed by atoms with Gasteiger partial charge in [0, 0.05) is 19.2 Å². The molecule has 0 aromatic heterocycles. The van der Waals surface area contributed by atoms with Crippen LogP contribution in [0.2, 0.25) is 0 Å². The Morgan fingerprint density at radius 3 is 2.22 bits per heavy atom. The molecule has 220 valence electrons. The summed E-state index contributed by atoms with van der Waals surface area (Å²) in [4.78, 5) is 28.1. The maximum Gasteiger partial charge on any atom is 0.264 e. The zero-order chi connectivity index (χ0) is 30.0. The third-order valence-electron chi connectivity index (χ3n) is 6.53. The van der Waals surface area contributed by atoms with Gasteiger partial charge in [0.25, 0.3) is 10.0 Å². The first-order valence-corrected chi connectivity index (χ1v) is 14.7. The van der Waals surface area contributed by atoms with Gasteiger partial charge >= 0.3 is 0 Å². The van der Waals surface area contributed by atoms with Crippen LogP contribution in [0.3, 0.4) is 0 Å². The minimum absolute atomic E-state index is 0.0780. The van der Waals surface area contributed by atoms with Crippen molar-refractivity contribution < 1.29 is 31.9 Å². The lowest BCUT2D eigenvalue weighted by Gasteiger charge is -2.32. The molecular weight excluding hydrogens is 549 g/mol. The number of halogens is 1. The van der Waals surface area contributed by atoms with Crippen molar-refractivity contribution in [3.05, 3.63) is 84.2 Å². The molecule has 0 aliphatic rings. The minimum Gasteiger partial charge on any atom is -0.493 e. The SMILES string of the molecule is CCCCNC(=O)C(C)N(Cc1ccccc1)C(=O)CN(c1ccc(F)cc1)S(=O)(=O)c1ccc(OC)c(OC)c1. The fourth-order valence-corrected chi connectivity index (χ4v) is 5.57. The van der Waals surface area contributed by atoms with E-state index < -0.39 is 34.3 Å². The number of sulfonamides is 1. The number of anilines is 1. The van der Waals surface area contributed by atoms with E-state index in [4.69, 9.17) is 9.47 Å². The third-order valence-corrected chi connectivity index (χ3v) is 8.30. The second-order valence-electron chi connectivity index (χ2n) is 9.33. The van der Waals surface area contributed by atoms with Crippen LogP contribution in [-0.2, 0) is 26.2 Å². The summed E-state index contributed by atoms with van der Waals surface area (Å²) in [5, 5.41) is 2.84. The van der Waals surface area contributed by atoms with Gasteiger partial charge in [0.1, 0.15) is 18.4 Å². The molecule has 9 nitrogen and oxygen atoms in total. The molecule has 3 aromatic rings. The Kier molecular flexibility index (Phi) is 11.1. The van der Waals surface area contributed by atoms with Gasteiger partial charge in [-0.15, -0.1) is 0 Å². The van der Waals surface area contributed by atoms with E-state index in [1.54, 1.807) is 6.92 Å². The van der Waals surface area contributed by atoms with E-state index in [1.165, 1.54) is 49.5 Å². The molecule has 1 unspecified atom stereocenters. The molecule has 0 aliphatic carbocycles. The topological polar surface area (TPSA) is 105 Å². The number of nitrogens with one attached hydrogen (secondary N) is 1. The number of amides is 2. The maximum absolute atomic E-state index is 14.0. The first-order chi connectivity index (χ1) is 19.6. The van der Waals surface area contributed by atoms with Gasteiger partial charge in [0.2, 0.25) is 11.8 Å². The molecule has 0 aliphatic heterocycles. The predicted octanol–water partition coefficient (Wildman–Crippen LogP) is 4.37. The quantitative estimate of drug-likeness (QED) is 0.282. The van der Waals surface area contributed by atoms with Gasteiger partial charge in [-0.1, -0.05) is 43.7 Å². The first-order valence-electron chi connectivity index (χ1n) is 13.2. The average Bonchev–Trinajstić information content (AvgIpc) is 2.98. The van der Waals surface area contributed by atoms with Crippen molar-refractivity contribution >= 4 is 27.5 Å². The number of rotatable bonds is 14. The number of hydrogen-bond donors (Lipinski definition) is 1. The van der Waals surface area contributed by atoms with Gasteiger partial charge in [0.15, 0.2) is 11.5 Å². The largest absolute Gasteiger partial charge is 0.493 e. The summed E-state index contributed by atoms with van der Waals surface area (Å²) >= 11 is 0. The second-order valence-corrected chi connectivity index (χ2v) is 11.2. The second kappa shape index (κ2) is 14.5. The fraction of sp³-hybridized carbons (Fsp3) is 0.333. The number of unbranched alkanes of at least 4 members (excludes halogenated alkanes) is 1.